The van der Waals surface area contributed by atoms with Crippen LogP contribution < -0.4 is 5.73 Å². The van der Waals surface area contributed by atoms with Crippen LogP contribution in [0.5, 0.6) is 0 Å². The molecule has 3 aliphatic rings. The summed E-state index contributed by atoms with van der Waals surface area (Å²) in [7, 11) is 2.23. The Balaban J connectivity index is 1.35. The van der Waals surface area contributed by atoms with E-state index in [0.29, 0.717) is 24.1 Å². The number of benzene rings is 1. The summed E-state index contributed by atoms with van der Waals surface area (Å²) >= 11 is 0. The molecule has 0 bridgehead atoms. The van der Waals surface area contributed by atoms with Crippen molar-refractivity contribution in [1.82, 2.24) is 19.8 Å². The van der Waals surface area contributed by atoms with E-state index in [2.05, 4.69) is 52.2 Å². The normalized spacial score (nSPS) is 26.7. The van der Waals surface area contributed by atoms with Crippen molar-refractivity contribution in [2.45, 2.75) is 44.1 Å². The number of hydrogen-bond donors (Lipinski definition) is 2. The van der Waals surface area contributed by atoms with Gasteiger partial charge in [-0.2, -0.15) is 0 Å². The maximum Gasteiger partial charge on any atom is 0.134 e. The Labute approximate surface area is 191 Å². The largest absolute Gasteiger partial charge is 0.396 e. The summed E-state index contributed by atoms with van der Waals surface area (Å²) in [6.45, 7) is 4.96. The van der Waals surface area contributed by atoms with E-state index in [9.17, 15) is 5.11 Å². The Hall–Kier alpha value is -2.28. The van der Waals surface area contributed by atoms with Crippen molar-refractivity contribution < 1.29 is 5.11 Å². The number of fused-ring (bicyclic) bond motifs is 1. The standard InChI is InChI=1S/C26H35N5O/c1-30-11-13-31(14-12-30)21-8-6-20(7-9-21)23-16-22(24-25(23)28-17-29-26(24)27)19-4-2-18(3-5-19)10-15-32/h2-5,16-17,20-21,23,32H,6-15H2,1H3,(H2,27,28,29). The molecule has 5 rings (SSSR count). The molecule has 2 aliphatic carbocycles. The summed E-state index contributed by atoms with van der Waals surface area (Å²) in [6, 6.07) is 9.21. The smallest absolute Gasteiger partial charge is 0.134 e. The molecule has 1 saturated heterocycles. The topological polar surface area (TPSA) is 78.5 Å². The lowest BCUT2D eigenvalue weighted by Crippen LogP contribution is -2.50. The molecule has 1 unspecified atom stereocenters. The lowest BCUT2D eigenvalue weighted by molar-refractivity contribution is 0.0796. The van der Waals surface area contributed by atoms with Gasteiger partial charge < -0.3 is 15.7 Å². The van der Waals surface area contributed by atoms with E-state index in [1.165, 1.54) is 57.4 Å². The molecule has 0 spiro atoms. The van der Waals surface area contributed by atoms with Gasteiger partial charge in [0.1, 0.15) is 12.1 Å². The lowest BCUT2D eigenvalue weighted by atomic mass is 9.77. The highest BCUT2D eigenvalue weighted by atomic mass is 16.2. The summed E-state index contributed by atoms with van der Waals surface area (Å²) in [6.07, 6.45) is 9.74. The van der Waals surface area contributed by atoms with E-state index in [0.717, 1.165) is 28.4 Å². The van der Waals surface area contributed by atoms with Crippen molar-refractivity contribution in [1.29, 1.82) is 0 Å². The van der Waals surface area contributed by atoms with Gasteiger partial charge in [-0.25, -0.2) is 9.97 Å². The Bertz CT molecular complexity index is 957. The maximum atomic E-state index is 9.21. The molecular formula is C26H35N5O. The van der Waals surface area contributed by atoms with Crippen LogP contribution >= 0.6 is 0 Å². The molecule has 32 heavy (non-hydrogen) atoms. The van der Waals surface area contributed by atoms with Crippen molar-refractivity contribution in [3.05, 3.63) is 59.1 Å². The van der Waals surface area contributed by atoms with Crippen LogP contribution in [0.2, 0.25) is 0 Å². The Kier molecular flexibility index (Phi) is 6.26. The first-order chi connectivity index (χ1) is 15.6. The molecule has 1 aromatic heterocycles. The van der Waals surface area contributed by atoms with E-state index >= 15 is 0 Å². The third kappa shape index (κ3) is 4.19. The molecule has 2 aromatic rings. The second-order valence-corrected chi connectivity index (χ2v) is 9.70. The van der Waals surface area contributed by atoms with Gasteiger partial charge in [0.25, 0.3) is 0 Å². The van der Waals surface area contributed by atoms with Crippen molar-refractivity contribution in [3.63, 3.8) is 0 Å². The first-order valence-electron chi connectivity index (χ1n) is 12.1. The minimum absolute atomic E-state index is 0.171. The molecule has 6 nitrogen and oxygen atoms in total. The van der Waals surface area contributed by atoms with Crippen LogP contribution in [0.1, 0.15) is 54.0 Å². The molecule has 1 aliphatic heterocycles. The number of anilines is 1. The highest BCUT2D eigenvalue weighted by Crippen LogP contribution is 2.47. The summed E-state index contributed by atoms with van der Waals surface area (Å²) in [5, 5.41) is 9.21. The van der Waals surface area contributed by atoms with Crippen LogP contribution in [0.25, 0.3) is 5.57 Å². The van der Waals surface area contributed by atoms with E-state index in [1.807, 2.05) is 0 Å². The van der Waals surface area contributed by atoms with E-state index in [1.54, 1.807) is 6.33 Å². The molecule has 2 heterocycles. The highest BCUT2D eigenvalue weighted by molar-refractivity contribution is 5.89. The van der Waals surface area contributed by atoms with Gasteiger partial charge in [0.2, 0.25) is 0 Å². The molecule has 0 radical (unpaired) electrons. The highest BCUT2D eigenvalue weighted by Gasteiger charge is 2.36. The monoisotopic (exact) mass is 433 g/mol. The van der Waals surface area contributed by atoms with Gasteiger partial charge in [-0.3, -0.25) is 4.90 Å². The molecule has 3 N–H and O–H groups in total. The predicted molar refractivity (Wildman–Crippen MR) is 128 cm³/mol. The van der Waals surface area contributed by atoms with Gasteiger partial charge in [0, 0.05) is 50.3 Å². The number of rotatable bonds is 5. The minimum atomic E-state index is 0.171. The van der Waals surface area contributed by atoms with Crippen molar-refractivity contribution in [3.8, 4) is 0 Å². The fourth-order valence-corrected chi connectivity index (χ4v) is 5.88. The first-order valence-corrected chi connectivity index (χ1v) is 12.1. The number of aliphatic hydroxyl groups is 1. The van der Waals surface area contributed by atoms with Crippen molar-refractivity contribution in [2.24, 2.45) is 5.92 Å². The van der Waals surface area contributed by atoms with Crippen LogP contribution in [0, 0.1) is 5.92 Å². The SMILES string of the molecule is CN1CCN(C2CCC(C3C=C(c4ccc(CCO)cc4)c4c(N)ncnc43)CC2)CC1. The molecular weight excluding hydrogens is 398 g/mol. The third-order valence-corrected chi connectivity index (χ3v) is 7.81. The second-order valence-electron chi connectivity index (χ2n) is 9.70. The first kappa shape index (κ1) is 21.6. The Morgan fingerprint density at radius 3 is 2.41 bits per heavy atom. The zero-order valence-electron chi connectivity index (χ0n) is 19.1. The van der Waals surface area contributed by atoms with Gasteiger partial charge >= 0.3 is 0 Å². The Morgan fingerprint density at radius 1 is 1.00 bits per heavy atom. The lowest BCUT2D eigenvalue weighted by Gasteiger charge is -2.41. The molecule has 0 amide bonds. The van der Waals surface area contributed by atoms with E-state index < -0.39 is 0 Å². The number of nitrogens with zero attached hydrogens (tertiary/aromatic N) is 4. The van der Waals surface area contributed by atoms with Crippen LogP contribution in [0.4, 0.5) is 5.82 Å². The molecule has 1 aromatic carbocycles. The average molecular weight is 434 g/mol. The van der Waals surface area contributed by atoms with Crippen LogP contribution in [0.15, 0.2) is 36.7 Å². The predicted octanol–water partition coefficient (Wildman–Crippen LogP) is 2.93. The number of likely N-dealkylation sites (N-methyl/N-ethyl adjacent to an activating group) is 1. The van der Waals surface area contributed by atoms with Crippen LogP contribution in [0.3, 0.4) is 0 Å². The maximum absolute atomic E-state index is 9.21. The van der Waals surface area contributed by atoms with Gasteiger partial charge in [-0.05, 0) is 61.8 Å². The summed E-state index contributed by atoms with van der Waals surface area (Å²) in [5.41, 5.74) is 12.0. The van der Waals surface area contributed by atoms with Gasteiger partial charge in [0.15, 0.2) is 0 Å². The van der Waals surface area contributed by atoms with E-state index in [-0.39, 0.29) is 6.61 Å². The number of piperazine rings is 1. The fraction of sp³-hybridized carbons (Fsp3) is 0.538. The minimum Gasteiger partial charge on any atom is -0.396 e. The fourth-order valence-electron chi connectivity index (χ4n) is 5.88. The summed E-state index contributed by atoms with van der Waals surface area (Å²) in [5.74, 6) is 1.50. The van der Waals surface area contributed by atoms with Gasteiger partial charge in [-0.1, -0.05) is 30.3 Å². The Morgan fingerprint density at radius 2 is 1.72 bits per heavy atom. The van der Waals surface area contributed by atoms with Crippen molar-refractivity contribution in [2.75, 3.05) is 45.6 Å². The number of nitrogen functional groups attached to an aromatic ring is 1. The molecule has 1 saturated carbocycles. The second kappa shape index (κ2) is 9.30. The third-order valence-electron chi connectivity index (χ3n) is 7.81. The number of aliphatic hydroxyl groups excluding tert-OH is 1. The number of allylic oxidation sites excluding steroid dienone is 1. The molecule has 1 atom stereocenters. The zero-order chi connectivity index (χ0) is 22.1. The quantitative estimate of drug-likeness (QED) is 0.755. The zero-order valence-corrected chi connectivity index (χ0v) is 19.1. The van der Waals surface area contributed by atoms with Gasteiger partial charge in [-0.15, -0.1) is 0 Å². The molecule has 6 heteroatoms. The molecule has 2 fully saturated rings. The van der Waals surface area contributed by atoms with Crippen molar-refractivity contribution >= 4 is 11.4 Å². The summed E-state index contributed by atoms with van der Waals surface area (Å²) < 4.78 is 0. The van der Waals surface area contributed by atoms with E-state index in [4.69, 9.17) is 10.7 Å². The van der Waals surface area contributed by atoms with Crippen LogP contribution in [-0.2, 0) is 6.42 Å². The number of hydrogen-bond acceptors (Lipinski definition) is 6. The molecule has 170 valence electrons. The number of nitrogens with two attached hydrogens (primary N) is 1. The van der Waals surface area contributed by atoms with Crippen LogP contribution in [-0.4, -0.2) is 70.7 Å². The number of aromatic nitrogens is 2. The van der Waals surface area contributed by atoms with Gasteiger partial charge in [0.05, 0.1) is 5.69 Å². The average Bonchev–Trinajstić information content (AvgIpc) is 3.22. The summed E-state index contributed by atoms with van der Waals surface area (Å²) in [4.78, 5) is 14.2.